The van der Waals surface area contributed by atoms with Crippen LogP contribution < -0.4 is 5.73 Å². The van der Waals surface area contributed by atoms with Crippen molar-refractivity contribution in [2.75, 3.05) is 0 Å². The number of rotatable bonds is 4. The van der Waals surface area contributed by atoms with Gasteiger partial charge in [0.05, 0.1) is 11.0 Å². The predicted octanol–water partition coefficient (Wildman–Crippen LogP) is 10.6. The first-order valence-electron chi connectivity index (χ1n) is 16.1. The summed E-state index contributed by atoms with van der Waals surface area (Å²) < 4.78 is 2.36. The van der Waals surface area contributed by atoms with Crippen LogP contribution in [0.3, 0.4) is 0 Å². The number of aromatic nitrogens is 1. The van der Waals surface area contributed by atoms with Gasteiger partial charge in [-0.1, -0.05) is 133 Å². The van der Waals surface area contributed by atoms with E-state index in [1.165, 1.54) is 27.2 Å². The molecule has 0 aliphatic rings. The number of aliphatic imine (C=N–C) groups is 1. The van der Waals surface area contributed by atoms with Gasteiger partial charge < -0.3 is 10.3 Å². The van der Waals surface area contributed by atoms with Crippen molar-refractivity contribution in [1.82, 2.24) is 4.57 Å². The van der Waals surface area contributed by atoms with Crippen LogP contribution in [0.4, 0.5) is 0 Å². The molecule has 0 amide bonds. The molecule has 3 N–H and O–H groups in total. The average Bonchev–Trinajstić information content (AvgIpc) is 3.49. The Labute approximate surface area is 277 Å². The van der Waals surface area contributed by atoms with Crippen LogP contribution in [0.25, 0.3) is 70.9 Å². The van der Waals surface area contributed by atoms with Gasteiger partial charge in [0.25, 0.3) is 0 Å². The predicted molar refractivity (Wildman–Crippen MR) is 203 cm³/mol. The van der Waals surface area contributed by atoms with E-state index in [9.17, 15) is 0 Å². The third kappa shape index (κ3) is 4.38. The summed E-state index contributed by atoms with van der Waals surface area (Å²) in [6.07, 6.45) is 0. The zero-order chi connectivity index (χ0) is 32.2. The molecule has 0 saturated carbocycles. The van der Waals surface area contributed by atoms with E-state index in [0.717, 1.165) is 54.9 Å². The van der Waals surface area contributed by atoms with Gasteiger partial charge in [-0.15, -0.1) is 0 Å². The third-order valence-electron chi connectivity index (χ3n) is 9.44. The van der Waals surface area contributed by atoms with Crippen molar-refractivity contribution >= 4 is 65.8 Å². The van der Waals surface area contributed by atoms with Gasteiger partial charge in [0, 0.05) is 33.0 Å². The normalized spacial score (nSPS) is 12.0. The number of para-hydroxylation sites is 2. The summed E-state index contributed by atoms with van der Waals surface area (Å²) in [6.45, 7) is 0. The number of amidine groups is 2. The van der Waals surface area contributed by atoms with Gasteiger partial charge in [-0.25, -0.2) is 4.99 Å². The maximum atomic E-state index is 9.10. The second kappa shape index (κ2) is 11.1. The molecule has 0 radical (unpaired) electrons. The Morgan fingerprint density at radius 1 is 0.479 bits per heavy atom. The third-order valence-corrected chi connectivity index (χ3v) is 9.44. The first kappa shape index (κ1) is 27.8. The first-order valence-corrected chi connectivity index (χ1v) is 16.1. The summed E-state index contributed by atoms with van der Waals surface area (Å²) in [5.74, 6) is 0.468. The quantitative estimate of drug-likeness (QED) is 0.116. The summed E-state index contributed by atoms with van der Waals surface area (Å²) >= 11 is 0. The highest BCUT2D eigenvalue weighted by Crippen LogP contribution is 2.40. The standard InChI is InChI=1S/C44H30N4/c45-43(28-12-3-1-4-13-28)47-44(46)38-20-11-19-36-32-16-7-8-17-33(32)39-26-29(23-25-37(39)42(36)38)30-22-24-35-34-18-9-10-21-40(34)48(41(35)27-30)31-14-5-2-6-15-31/h1-27H,(H3,45,46,47). The Kier molecular flexibility index (Phi) is 6.41. The minimum Gasteiger partial charge on any atom is -0.383 e. The molecule has 4 nitrogen and oxygen atoms in total. The van der Waals surface area contributed by atoms with Gasteiger partial charge in [-0.3, -0.25) is 5.41 Å². The van der Waals surface area contributed by atoms with Gasteiger partial charge >= 0.3 is 0 Å². The van der Waals surface area contributed by atoms with Crippen LogP contribution in [0.2, 0.25) is 0 Å². The molecule has 0 saturated heterocycles. The van der Waals surface area contributed by atoms with Crippen LogP contribution in [-0.2, 0) is 0 Å². The molecule has 0 fully saturated rings. The lowest BCUT2D eigenvalue weighted by atomic mass is 9.89. The SMILES string of the molecule is N=C(N=C(N)c1ccccc1)c1cccc2c3ccccc3c3cc(-c4ccc5c6ccccc6n(-c6ccccc6)c5c4)ccc3c12. The number of nitrogens with one attached hydrogen (secondary N) is 1. The number of hydrogen-bond donors (Lipinski definition) is 2. The first-order chi connectivity index (χ1) is 23.7. The molecule has 48 heavy (non-hydrogen) atoms. The smallest absolute Gasteiger partial charge is 0.154 e. The summed E-state index contributed by atoms with van der Waals surface area (Å²) in [5.41, 5.74) is 13.7. The van der Waals surface area contributed by atoms with Crippen molar-refractivity contribution in [2.45, 2.75) is 0 Å². The van der Waals surface area contributed by atoms with Gasteiger partial charge in [-0.05, 0) is 68.4 Å². The summed E-state index contributed by atoms with van der Waals surface area (Å²) in [4.78, 5) is 4.58. The fourth-order valence-corrected chi connectivity index (χ4v) is 7.24. The minimum absolute atomic E-state index is 0.141. The number of benzene rings is 8. The van der Waals surface area contributed by atoms with E-state index in [-0.39, 0.29) is 5.84 Å². The Morgan fingerprint density at radius 2 is 1.04 bits per heavy atom. The van der Waals surface area contributed by atoms with Crippen LogP contribution in [0.5, 0.6) is 0 Å². The fraction of sp³-hybridized carbons (Fsp3) is 0. The number of hydrogen-bond acceptors (Lipinski definition) is 1. The summed E-state index contributed by atoms with van der Waals surface area (Å²) in [6, 6.07) is 57.0. The van der Waals surface area contributed by atoms with E-state index in [0.29, 0.717) is 5.84 Å². The highest BCUT2D eigenvalue weighted by molar-refractivity contribution is 6.30. The van der Waals surface area contributed by atoms with E-state index >= 15 is 0 Å². The second-order valence-electron chi connectivity index (χ2n) is 12.2. The Hall–Kier alpha value is -6.52. The van der Waals surface area contributed by atoms with E-state index < -0.39 is 0 Å². The molecular formula is C44H30N4. The van der Waals surface area contributed by atoms with E-state index in [1.807, 2.05) is 42.5 Å². The van der Waals surface area contributed by atoms with Crippen molar-refractivity contribution in [3.63, 3.8) is 0 Å². The van der Waals surface area contributed by atoms with Crippen LogP contribution >= 0.6 is 0 Å². The maximum absolute atomic E-state index is 9.10. The van der Waals surface area contributed by atoms with Crippen LogP contribution in [0.15, 0.2) is 169 Å². The summed E-state index contributed by atoms with van der Waals surface area (Å²) in [7, 11) is 0. The molecular weight excluding hydrogens is 585 g/mol. The topological polar surface area (TPSA) is 67.2 Å². The number of nitrogens with two attached hydrogens (primary N) is 1. The highest BCUT2D eigenvalue weighted by Gasteiger charge is 2.17. The van der Waals surface area contributed by atoms with Gasteiger partial charge in [0.2, 0.25) is 0 Å². The maximum Gasteiger partial charge on any atom is 0.154 e. The van der Waals surface area contributed by atoms with E-state index in [2.05, 4.69) is 131 Å². The Bertz CT molecular complexity index is 2740. The molecule has 226 valence electrons. The summed E-state index contributed by atoms with van der Waals surface area (Å²) in [5, 5.41) is 18.2. The van der Waals surface area contributed by atoms with E-state index in [1.54, 1.807) is 0 Å². The molecule has 0 bridgehead atoms. The van der Waals surface area contributed by atoms with Crippen molar-refractivity contribution in [3.8, 4) is 16.8 Å². The molecule has 1 heterocycles. The van der Waals surface area contributed by atoms with Gasteiger partial charge in [0.15, 0.2) is 5.84 Å². The fourth-order valence-electron chi connectivity index (χ4n) is 7.24. The lowest BCUT2D eigenvalue weighted by Crippen LogP contribution is -2.15. The minimum atomic E-state index is 0.141. The van der Waals surface area contributed by atoms with Crippen LogP contribution in [0.1, 0.15) is 11.1 Å². The van der Waals surface area contributed by atoms with Crippen molar-refractivity contribution in [3.05, 3.63) is 175 Å². The molecule has 8 aromatic carbocycles. The molecule has 4 heteroatoms. The molecule has 0 atom stereocenters. The molecule has 0 unspecified atom stereocenters. The monoisotopic (exact) mass is 614 g/mol. The van der Waals surface area contributed by atoms with Crippen molar-refractivity contribution in [1.29, 1.82) is 5.41 Å². The lowest BCUT2D eigenvalue weighted by Gasteiger charge is -2.15. The number of nitrogens with zero attached hydrogens (tertiary/aromatic N) is 2. The average molecular weight is 615 g/mol. The van der Waals surface area contributed by atoms with E-state index in [4.69, 9.17) is 11.1 Å². The van der Waals surface area contributed by atoms with Crippen molar-refractivity contribution in [2.24, 2.45) is 10.7 Å². The molecule has 0 spiro atoms. The Morgan fingerprint density at radius 3 is 1.81 bits per heavy atom. The molecule has 1 aromatic heterocycles. The van der Waals surface area contributed by atoms with Gasteiger partial charge in [0.1, 0.15) is 5.84 Å². The van der Waals surface area contributed by atoms with Crippen molar-refractivity contribution < 1.29 is 0 Å². The molecule has 0 aliphatic carbocycles. The van der Waals surface area contributed by atoms with Crippen LogP contribution in [-0.4, -0.2) is 16.2 Å². The molecule has 9 aromatic rings. The molecule has 9 rings (SSSR count). The zero-order valence-corrected chi connectivity index (χ0v) is 26.1. The second-order valence-corrected chi connectivity index (χ2v) is 12.2. The largest absolute Gasteiger partial charge is 0.383 e. The number of fused-ring (bicyclic) bond motifs is 9. The lowest BCUT2D eigenvalue weighted by molar-refractivity contribution is 1.18. The zero-order valence-electron chi connectivity index (χ0n) is 26.1. The molecule has 0 aliphatic heterocycles. The van der Waals surface area contributed by atoms with Crippen LogP contribution in [0, 0.1) is 5.41 Å². The Balaban J connectivity index is 1.27. The van der Waals surface area contributed by atoms with Gasteiger partial charge in [-0.2, -0.15) is 0 Å². The highest BCUT2D eigenvalue weighted by atomic mass is 15.0.